The molecular formula is C14H20ClNO2S. The molecule has 2 rings (SSSR count). The molecule has 0 radical (unpaired) electrons. The molecule has 0 N–H and O–H groups in total. The second-order valence-corrected chi connectivity index (χ2v) is 7.76. The quantitative estimate of drug-likeness (QED) is 0.805. The average Bonchev–Trinajstić information content (AvgIpc) is 2.37. The number of halogens is 1. The number of para-hydroxylation sites is 1. The Labute approximate surface area is 120 Å². The van der Waals surface area contributed by atoms with E-state index < -0.39 is 9.84 Å². The second-order valence-electron chi connectivity index (χ2n) is 5.22. The maximum absolute atomic E-state index is 11.9. The Kier molecular flexibility index (Phi) is 4.41. The molecular weight excluding hydrogens is 282 g/mol. The van der Waals surface area contributed by atoms with Crippen LogP contribution >= 0.6 is 11.6 Å². The van der Waals surface area contributed by atoms with Gasteiger partial charge in [-0.05, 0) is 25.0 Å². The van der Waals surface area contributed by atoms with Crippen molar-refractivity contribution in [1.29, 1.82) is 0 Å². The summed E-state index contributed by atoms with van der Waals surface area (Å²) in [6, 6.07) is 7.35. The maximum atomic E-state index is 11.9. The fourth-order valence-corrected chi connectivity index (χ4v) is 4.11. The van der Waals surface area contributed by atoms with Crippen LogP contribution in [0.5, 0.6) is 0 Å². The minimum Gasteiger partial charge on any atom is -0.369 e. The van der Waals surface area contributed by atoms with E-state index in [4.69, 9.17) is 11.6 Å². The van der Waals surface area contributed by atoms with Crippen LogP contribution in [0.3, 0.4) is 0 Å². The van der Waals surface area contributed by atoms with Crippen LogP contribution < -0.4 is 4.90 Å². The van der Waals surface area contributed by atoms with E-state index in [0.29, 0.717) is 4.90 Å². The first-order valence-electron chi connectivity index (χ1n) is 6.57. The van der Waals surface area contributed by atoms with Crippen molar-refractivity contribution >= 4 is 27.1 Å². The number of hydrogen-bond donors (Lipinski definition) is 0. The van der Waals surface area contributed by atoms with E-state index in [1.807, 2.05) is 24.1 Å². The first kappa shape index (κ1) is 14.7. The Balaban J connectivity index is 2.36. The zero-order valence-corrected chi connectivity index (χ0v) is 12.9. The van der Waals surface area contributed by atoms with Crippen molar-refractivity contribution in [3.8, 4) is 0 Å². The van der Waals surface area contributed by atoms with E-state index in [1.165, 1.54) is 6.26 Å². The highest BCUT2D eigenvalue weighted by Gasteiger charge is 2.29. The molecule has 1 fully saturated rings. The van der Waals surface area contributed by atoms with Crippen LogP contribution in [0.1, 0.15) is 25.7 Å². The molecule has 0 spiro atoms. The van der Waals surface area contributed by atoms with Crippen molar-refractivity contribution < 1.29 is 8.42 Å². The van der Waals surface area contributed by atoms with Gasteiger partial charge in [0.25, 0.3) is 0 Å². The molecule has 0 aliphatic heterocycles. The van der Waals surface area contributed by atoms with E-state index >= 15 is 0 Å². The molecule has 106 valence electrons. The molecule has 1 aliphatic carbocycles. The zero-order valence-electron chi connectivity index (χ0n) is 11.3. The van der Waals surface area contributed by atoms with E-state index in [0.717, 1.165) is 31.4 Å². The summed E-state index contributed by atoms with van der Waals surface area (Å²) in [7, 11) is -1.28. The van der Waals surface area contributed by atoms with Gasteiger partial charge in [0, 0.05) is 19.3 Å². The monoisotopic (exact) mass is 301 g/mol. The van der Waals surface area contributed by atoms with Gasteiger partial charge in [0.1, 0.15) is 0 Å². The molecule has 2 unspecified atom stereocenters. The summed E-state index contributed by atoms with van der Waals surface area (Å²) >= 11 is 6.40. The van der Waals surface area contributed by atoms with Crippen LogP contribution in [0.4, 0.5) is 5.69 Å². The second kappa shape index (κ2) is 5.71. The van der Waals surface area contributed by atoms with Crippen molar-refractivity contribution in [3.63, 3.8) is 0 Å². The van der Waals surface area contributed by atoms with Crippen molar-refractivity contribution in [3.05, 3.63) is 24.3 Å². The van der Waals surface area contributed by atoms with Crippen LogP contribution in [0.2, 0.25) is 0 Å². The van der Waals surface area contributed by atoms with Crippen LogP contribution in [0.25, 0.3) is 0 Å². The van der Waals surface area contributed by atoms with Gasteiger partial charge in [0.05, 0.1) is 16.0 Å². The molecule has 5 heteroatoms. The molecule has 2 atom stereocenters. The lowest BCUT2D eigenvalue weighted by Crippen LogP contribution is -2.41. The van der Waals surface area contributed by atoms with Gasteiger partial charge in [-0.15, -0.1) is 11.6 Å². The number of sulfone groups is 1. The summed E-state index contributed by atoms with van der Waals surface area (Å²) in [4.78, 5) is 2.42. The normalized spacial score (nSPS) is 24.2. The summed E-state index contributed by atoms with van der Waals surface area (Å²) in [5.41, 5.74) is 0.752. The van der Waals surface area contributed by atoms with Crippen LogP contribution in [0, 0.1) is 0 Å². The third kappa shape index (κ3) is 3.23. The minimum absolute atomic E-state index is 0.0892. The van der Waals surface area contributed by atoms with E-state index in [2.05, 4.69) is 0 Å². The smallest absolute Gasteiger partial charge is 0.177 e. The van der Waals surface area contributed by atoms with E-state index in [1.54, 1.807) is 12.1 Å². The number of rotatable bonds is 3. The van der Waals surface area contributed by atoms with Gasteiger partial charge in [-0.3, -0.25) is 0 Å². The third-order valence-electron chi connectivity index (χ3n) is 3.79. The molecule has 19 heavy (non-hydrogen) atoms. The Bertz CT molecular complexity index is 544. The number of hydrogen-bond acceptors (Lipinski definition) is 3. The molecule has 1 aromatic rings. The average molecular weight is 302 g/mol. The molecule has 0 heterocycles. The minimum atomic E-state index is -3.22. The van der Waals surface area contributed by atoms with Crippen molar-refractivity contribution in [2.45, 2.75) is 42.0 Å². The van der Waals surface area contributed by atoms with Crippen LogP contribution in [0.15, 0.2) is 29.2 Å². The summed E-state index contributed by atoms with van der Waals surface area (Å²) in [6.45, 7) is 0. The van der Waals surface area contributed by atoms with Gasteiger partial charge in [0.15, 0.2) is 9.84 Å². The van der Waals surface area contributed by atoms with Gasteiger partial charge in [-0.2, -0.15) is 0 Å². The fourth-order valence-electron chi connectivity index (χ4n) is 2.74. The van der Waals surface area contributed by atoms with Crippen molar-refractivity contribution in [1.82, 2.24) is 0 Å². The fraction of sp³-hybridized carbons (Fsp3) is 0.571. The zero-order chi connectivity index (χ0) is 14.0. The van der Waals surface area contributed by atoms with Gasteiger partial charge in [-0.25, -0.2) is 8.42 Å². The highest BCUT2D eigenvalue weighted by Crippen LogP contribution is 2.32. The lowest BCUT2D eigenvalue weighted by Gasteiger charge is -2.37. The summed E-state index contributed by atoms with van der Waals surface area (Å²) in [5, 5.41) is 0.0892. The lowest BCUT2D eigenvalue weighted by atomic mass is 9.93. The van der Waals surface area contributed by atoms with Crippen molar-refractivity contribution in [2.24, 2.45) is 0 Å². The summed E-state index contributed by atoms with van der Waals surface area (Å²) in [5.74, 6) is 0. The third-order valence-corrected chi connectivity index (χ3v) is 5.44. The topological polar surface area (TPSA) is 37.4 Å². The Morgan fingerprint density at radius 2 is 1.84 bits per heavy atom. The molecule has 1 aromatic carbocycles. The summed E-state index contributed by atoms with van der Waals surface area (Å²) < 4.78 is 23.7. The molecule has 1 saturated carbocycles. The first-order valence-corrected chi connectivity index (χ1v) is 8.90. The molecule has 0 aromatic heterocycles. The highest BCUT2D eigenvalue weighted by atomic mass is 35.5. The number of anilines is 1. The Hall–Kier alpha value is -0.740. The maximum Gasteiger partial charge on any atom is 0.177 e. The van der Waals surface area contributed by atoms with E-state index in [9.17, 15) is 8.42 Å². The first-order chi connectivity index (χ1) is 8.91. The Morgan fingerprint density at radius 3 is 2.47 bits per heavy atom. The standard InChI is InChI=1S/C14H20ClNO2S/c1-16(12-8-4-3-7-11(12)15)13-9-5-6-10-14(13)19(2,17)18/h5-6,9-12H,3-4,7-8H2,1-2H3. The number of alkyl halides is 1. The van der Waals surface area contributed by atoms with Gasteiger partial charge in [0.2, 0.25) is 0 Å². The lowest BCUT2D eigenvalue weighted by molar-refractivity contribution is 0.433. The largest absolute Gasteiger partial charge is 0.369 e. The van der Waals surface area contributed by atoms with Crippen LogP contribution in [-0.4, -0.2) is 33.1 Å². The molecule has 1 aliphatic rings. The van der Waals surface area contributed by atoms with Crippen LogP contribution in [-0.2, 0) is 9.84 Å². The highest BCUT2D eigenvalue weighted by molar-refractivity contribution is 7.90. The van der Waals surface area contributed by atoms with Gasteiger partial charge < -0.3 is 4.90 Å². The summed E-state index contributed by atoms with van der Waals surface area (Å²) in [6.07, 6.45) is 5.57. The SMILES string of the molecule is CN(c1ccccc1S(C)(=O)=O)C1CCCCC1Cl. The molecule has 3 nitrogen and oxygen atoms in total. The molecule has 0 bridgehead atoms. The Morgan fingerprint density at radius 1 is 1.21 bits per heavy atom. The van der Waals surface area contributed by atoms with E-state index in [-0.39, 0.29) is 11.4 Å². The predicted molar refractivity (Wildman–Crippen MR) is 79.9 cm³/mol. The molecule has 0 saturated heterocycles. The van der Waals surface area contributed by atoms with Crippen molar-refractivity contribution in [2.75, 3.05) is 18.2 Å². The molecule has 0 amide bonds. The number of nitrogens with zero attached hydrogens (tertiary/aromatic N) is 1. The predicted octanol–water partition coefficient (Wildman–Crippen LogP) is 3.08. The number of benzene rings is 1. The van der Waals surface area contributed by atoms with Gasteiger partial charge in [-0.1, -0.05) is 25.0 Å². The van der Waals surface area contributed by atoms with Gasteiger partial charge >= 0.3 is 0 Å².